The Labute approximate surface area is 108 Å². The van der Waals surface area contributed by atoms with Crippen LogP contribution >= 0.6 is 0 Å². The summed E-state index contributed by atoms with van der Waals surface area (Å²) in [7, 11) is 1.39. The minimum Gasteiger partial charge on any atom is -0.467 e. The molecule has 0 aromatic heterocycles. The summed E-state index contributed by atoms with van der Waals surface area (Å²) in [6.07, 6.45) is 5.59. The van der Waals surface area contributed by atoms with Gasteiger partial charge in [-0.25, -0.2) is 4.79 Å². The van der Waals surface area contributed by atoms with E-state index in [1.165, 1.54) is 7.11 Å². The van der Waals surface area contributed by atoms with Crippen LogP contribution in [0.15, 0.2) is 0 Å². The predicted octanol–water partition coefficient (Wildman–Crippen LogP) is 0.588. The van der Waals surface area contributed by atoms with Crippen molar-refractivity contribution in [2.45, 2.75) is 44.1 Å². The second-order valence-corrected chi connectivity index (χ2v) is 5.33. The average molecular weight is 254 g/mol. The predicted molar refractivity (Wildman–Crippen MR) is 67.0 cm³/mol. The van der Waals surface area contributed by atoms with E-state index in [1.54, 1.807) is 0 Å². The molecular formula is C13H22N2O3. The van der Waals surface area contributed by atoms with E-state index in [-0.39, 0.29) is 17.8 Å². The van der Waals surface area contributed by atoms with Crippen LogP contribution < -0.4 is 10.6 Å². The Balaban J connectivity index is 2.07. The molecule has 0 radical (unpaired) electrons. The molecule has 5 nitrogen and oxygen atoms in total. The van der Waals surface area contributed by atoms with E-state index in [2.05, 4.69) is 10.6 Å². The molecule has 1 aliphatic heterocycles. The molecule has 1 saturated heterocycles. The van der Waals surface area contributed by atoms with Crippen LogP contribution in [-0.4, -0.2) is 37.6 Å². The standard InChI is InChI=1S/C13H22N2O3/c1-18-12(17)13(6-4-2-3-5-7-13)15-11(16)10-8-14-9-10/h10,14H,2-9H2,1H3,(H,15,16). The summed E-state index contributed by atoms with van der Waals surface area (Å²) in [5, 5.41) is 6.04. The second-order valence-electron chi connectivity index (χ2n) is 5.33. The van der Waals surface area contributed by atoms with E-state index in [0.29, 0.717) is 25.9 Å². The highest BCUT2D eigenvalue weighted by Gasteiger charge is 2.42. The summed E-state index contributed by atoms with van der Waals surface area (Å²) in [6, 6.07) is 0. The lowest BCUT2D eigenvalue weighted by Gasteiger charge is -2.34. The fourth-order valence-electron chi connectivity index (χ4n) is 2.72. The molecule has 1 amide bonds. The van der Waals surface area contributed by atoms with E-state index in [9.17, 15) is 9.59 Å². The van der Waals surface area contributed by atoms with E-state index in [0.717, 1.165) is 25.7 Å². The molecule has 18 heavy (non-hydrogen) atoms. The van der Waals surface area contributed by atoms with Gasteiger partial charge in [0.05, 0.1) is 13.0 Å². The highest BCUT2D eigenvalue weighted by molar-refractivity contribution is 5.89. The number of rotatable bonds is 3. The van der Waals surface area contributed by atoms with Gasteiger partial charge in [0, 0.05) is 13.1 Å². The smallest absolute Gasteiger partial charge is 0.331 e. The Morgan fingerprint density at radius 1 is 1.17 bits per heavy atom. The monoisotopic (exact) mass is 254 g/mol. The van der Waals surface area contributed by atoms with Crippen LogP contribution in [0.5, 0.6) is 0 Å². The number of hydrogen-bond donors (Lipinski definition) is 2. The molecule has 2 fully saturated rings. The zero-order valence-electron chi connectivity index (χ0n) is 11.0. The number of ether oxygens (including phenoxy) is 1. The average Bonchev–Trinajstić information content (AvgIpc) is 2.52. The van der Waals surface area contributed by atoms with Crippen LogP contribution in [0.2, 0.25) is 0 Å². The van der Waals surface area contributed by atoms with Crippen molar-refractivity contribution in [3.8, 4) is 0 Å². The molecule has 0 spiro atoms. The number of carbonyl (C=O) groups is 2. The fraction of sp³-hybridized carbons (Fsp3) is 0.846. The molecule has 0 bridgehead atoms. The van der Waals surface area contributed by atoms with Crippen LogP contribution in [0.3, 0.4) is 0 Å². The Morgan fingerprint density at radius 3 is 2.22 bits per heavy atom. The summed E-state index contributed by atoms with van der Waals surface area (Å²) >= 11 is 0. The maximum absolute atomic E-state index is 12.1. The largest absolute Gasteiger partial charge is 0.467 e. The van der Waals surface area contributed by atoms with Crippen molar-refractivity contribution in [3.63, 3.8) is 0 Å². The lowest BCUT2D eigenvalue weighted by atomic mass is 9.88. The molecule has 0 atom stereocenters. The summed E-state index contributed by atoms with van der Waals surface area (Å²) in [5.74, 6) is -0.291. The molecule has 0 unspecified atom stereocenters. The zero-order chi connectivity index (χ0) is 13.0. The van der Waals surface area contributed by atoms with Gasteiger partial charge in [-0.15, -0.1) is 0 Å². The van der Waals surface area contributed by atoms with Crippen molar-refractivity contribution in [2.75, 3.05) is 20.2 Å². The number of esters is 1. The van der Waals surface area contributed by atoms with Crippen molar-refractivity contribution in [3.05, 3.63) is 0 Å². The fourth-order valence-corrected chi connectivity index (χ4v) is 2.72. The van der Waals surface area contributed by atoms with Crippen molar-refractivity contribution in [1.29, 1.82) is 0 Å². The molecule has 1 aliphatic carbocycles. The van der Waals surface area contributed by atoms with Crippen LogP contribution in [0.1, 0.15) is 38.5 Å². The number of methoxy groups -OCH3 is 1. The van der Waals surface area contributed by atoms with Gasteiger partial charge in [0.2, 0.25) is 5.91 Å². The van der Waals surface area contributed by atoms with Crippen LogP contribution in [0, 0.1) is 5.92 Å². The van der Waals surface area contributed by atoms with E-state index < -0.39 is 5.54 Å². The normalized spacial score (nSPS) is 23.6. The van der Waals surface area contributed by atoms with Gasteiger partial charge in [-0.3, -0.25) is 4.79 Å². The van der Waals surface area contributed by atoms with Gasteiger partial charge < -0.3 is 15.4 Å². The minimum atomic E-state index is -0.780. The maximum Gasteiger partial charge on any atom is 0.331 e. The lowest BCUT2D eigenvalue weighted by molar-refractivity contribution is -0.152. The first-order valence-electron chi connectivity index (χ1n) is 6.79. The first-order valence-corrected chi connectivity index (χ1v) is 6.79. The first kappa shape index (κ1) is 13.3. The van der Waals surface area contributed by atoms with Gasteiger partial charge in [0.15, 0.2) is 0 Å². The maximum atomic E-state index is 12.1. The molecule has 2 aliphatic rings. The number of nitrogens with one attached hydrogen (secondary N) is 2. The molecular weight excluding hydrogens is 232 g/mol. The SMILES string of the molecule is COC(=O)C1(NC(=O)C2CNC2)CCCCCC1. The summed E-state index contributed by atoms with van der Waals surface area (Å²) in [4.78, 5) is 24.1. The van der Waals surface area contributed by atoms with E-state index in [1.807, 2.05) is 0 Å². The summed E-state index contributed by atoms with van der Waals surface area (Å²) in [5.41, 5.74) is -0.780. The van der Waals surface area contributed by atoms with Crippen LogP contribution in [0.4, 0.5) is 0 Å². The molecule has 1 heterocycles. The van der Waals surface area contributed by atoms with Crippen LogP contribution in [0.25, 0.3) is 0 Å². The zero-order valence-corrected chi connectivity index (χ0v) is 11.0. The highest BCUT2D eigenvalue weighted by Crippen LogP contribution is 2.29. The van der Waals surface area contributed by atoms with Gasteiger partial charge in [-0.05, 0) is 12.8 Å². The van der Waals surface area contributed by atoms with E-state index in [4.69, 9.17) is 4.74 Å². The van der Waals surface area contributed by atoms with Crippen LogP contribution in [-0.2, 0) is 14.3 Å². The van der Waals surface area contributed by atoms with Gasteiger partial charge >= 0.3 is 5.97 Å². The van der Waals surface area contributed by atoms with Crippen molar-refractivity contribution in [1.82, 2.24) is 10.6 Å². The molecule has 2 rings (SSSR count). The molecule has 1 saturated carbocycles. The molecule has 5 heteroatoms. The van der Waals surface area contributed by atoms with Gasteiger partial charge in [-0.2, -0.15) is 0 Å². The third-order valence-corrected chi connectivity index (χ3v) is 4.05. The summed E-state index contributed by atoms with van der Waals surface area (Å²) in [6.45, 7) is 1.42. The first-order chi connectivity index (χ1) is 8.68. The third-order valence-electron chi connectivity index (χ3n) is 4.05. The van der Waals surface area contributed by atoms with Gasteiger partial charge in [0.1, 0.15) is 5.54 Å². The molecule has 0 aromatic carbocycles. The molecule has 0 aromatic rings. The third kappa shape index (κ3) is 2.66. The Hall–Kier alpha value is -1.10. The number of hydrogen-bond acceptors (Lipinski definition) is 4. The molecule has 2 N–H and O–H groups in total. The van der Waals surface area contributed by atoms with Crippen molar-refractivity contribution >= 4 is 11.9 Å². The van der Waals surface area contributed by atoms with E-state index >= 15 is 0 Å². The Bertz CT molecular complexity index is 318. The topological polar surface area (TPSA) is 67.4 Å². The Morgan fingerprint density at radius 2 is 1.78 bits per heavy atom. The quantitative estimate of drug-likeness (QED) is 0.571. The number of carbonyl (C=O) groups excluding carboxylic acids is 2. The Kier molecular flexibility index (Phi) is 4.22. The van der Waals surface area contributed by atoms with Crippen molar-refractivity contribution in [2.24, 2.45) is 5.92 Å². The molecule has 102 valence electrons. The minimum absolute atomic E-state index is 0.00906. The lowest BCUT2D eigenvalue weighted by Crippen LogP contribution is -2.60. The second kappa shape index (κ2) is 5.69. The van der Waals surface area contributed by atoms with Gasteiger partial charge in [0.25, 0.3) is 0 Å². The highest BCUT2D eigenvalue weighted by atomic mass is 16.5. The van der Waals surface area contributed by atoms with Crippen molar-refractivity contribution < 1.29 is 14.3 Å². The number of amides is 1. The summed E-state index contributed by atoms with van der Waals surface area (Å²) < 4.78 is 4.91. The van der Waals surface area contributed by atoms with Gasteiger partial charge in [-0.1, -0.05) is 25.7 Å².